The Balaban J connectivity index is 1.71. The molecule has 1 fully saturated rings. The minimum Gasteiger partial charge on any atom is -0.493 e. The van der Waals surface area contributed by atoms with E-state index in [2.05, 4.69) is 38.6 Å². The SMILES string of the molecule is C=CC[C@@]1(C)O[C@H](c2cccc(C)c2)[C@@H](c2ccc(Cl)cc2)N([C@@H](CC)COCc2ccc(OC)c(OC)c2)C1=O. The molecule has 1 saturated heterocycles. The number of hydrogen-bond acceptors (Lipinski definition) is 5. The van der Waals surface area contributed by atoms with Crippen LogP contribution in [0.5, 0.6) is 11.5 Å². The molecule has 0 aromatic heterocycles. The number of halogens is 1. The second kappa shape index (κ2) is 13.6. The molecule has 1 aliphatic rings. The zero-order valence-electron chi connectivity index (χ0n) is 24.6. The van der Waals surface area contributed by atoms with Crippen molar-refractivity contribution in [1.29, 1.82) is 0 Å². The molecule has 41 heavy (non-hydrogen) atoms. The summed E-state index contributed by atoms with van der Waals surface area (Å²) in [5.74, 6) is 1.23. The Morgan fingerprint density at radius 2 is 1.78 bits per heavy atom. The van der Waals surface area contributed by atoms with Crippen LogP contribution >= 0.6 is 11.6 Å². The zero-order chi connectivity index (χ0) is 29.6. The van der Waals surface area contributed by atoms with Gasteiger partial charge in [-0.1, -0.05) is 72.6 Å². The Morgan fingerprint density at radius 1 is 1.05 bits per heavy atom. The highest BCUT2D eigenvalue weighted by Crippen LogP contribution is 2.47. The van der Waals surface area contributed by atoms with Crippen molar-refractivity contribution in [3.8, 4) is 11.5 Å². The first-order valence-corrected chi connectivity index (χ1v) is 14.3. The number of carbonyl (C=O) groups excluding carboxylic acids is 1. The van der Waals surface area contributed by atoms with Crippen LogP contribution in [-0.2, 0) is 20.9 Å². The van der Waals surface area contributed by atoms with Crippen molar-refractivity contribution in [2.75, 3.05) is 20.8 Å². The third-order valence-corrected chi connectivity index (χ3v) is 7.92. The summed E-state index contributed by atoms with van der Waals surface area (Å²) < 4.78 is 23.8. The fraction of sp³-hybridized carbons (Fsp3) is 0.382. The van der Waals surface area contributed by atoms with Crippen LogP contribution in [0.1, 0.15) is 61.1 Å². The van der Waals surface area contributed by atoms with E-state index in [9.17, 15) is 4.79 Å². The van der Waals surface area contributed by atoms with Crippen LogP contribution < -0.4 is 9.47 Å². The van der Waals surface area contributed by atoms with Gasteiger partial charge in [0.2, 0.25) is 0 Å². The molecule has 6 nitrogen and oxygen atoms in total. The molecule has 3 aromatic carbocycles. The fourth-order valence-electron chi connectivity index (χ4n) is 5.52. The van der Waals surface area contributed by atoms with Crippen molar-refractivity contribution in [1.82, 2.24) is 4.90 Å². The van der Waals surface area contributed by atoms with Gasteiger partial charge in [-0.25, -0.2) is 0 Å². The van der Waals surface area contributed by atoms with E-state index in [0.29, 0.717) is 42.6 Å². The molecular formula is C34H40ClNO5. The maximum atomic E-state index is 14.4. The molecule has 3 aromatic rings. The quantitative estimate of drug-likeness (QED) is 0.207. The highest BCUT2D eigenvalue weighted by atomic mass is 35.5. The minimum absolute atomic E-state index is 0.0807. The highest BCUT2D eigenvalue weighted by molar-refractivity contribution is 6.30. The summed E-state index contributed by atoms with van der Waals surface area (Å²) in [5.41, 5.74) is 2.97. The molecular weight excluding hydrogens is 538 g/mol. The van der Waals surface area contributed by atoms with Crippen LogP contribution in [0.25, 0.3) is 0 Å². The lowest BCUT2D eigenvalue weighted by Gasteiger charge is -2.51. The summed E-state index contributed by atoms with van der Waals surface area (Å²) in [5, 5.41) is 0.636. The van der Waals surface area contributed by atoms with Crippen molar-refractivity contribution in [3.63, 3.8) is 0 Å². The first kappa shape index (κ1) is 30.6. The summed E-state index contributed by atoms with van der Waals surface area (Å²) in [4.78, 5) is 16.3. The van der Waals surface area contributed by atoms with Gasteiger partial charge < -0.3 is 23.8 Å². The maximum absolute atomic E-state index is 14.4. The number of amides is 1. The van der Waals surface area contributed by atoms with Gasteiger partial charge in [-0.2, -0.15) is 0 Å². The van der Waals surface area contributed by atoms with E-state index >= 15 is 0 Å². The second-order valence-electron chi connectivity index (χ2n) is 10.7. The number of nitrogens with zero attached hydrogens (tertiary/aromatic N) is 1. The van der Waals surface area contributed by atoms with E-state index in [1.807, 2.05) is 60.4 Å². The van der Waals surface area contributed by atoms with E-state index < -0.39 is 11.7 Å². The van der Waals surface area contributed by atoms with E-state index in [1.165, 1.54) is 0 Å². The first-order valence-electron chi connectivity index (χ1n) is 14.0. The van der Waals surface area contributed by atoms with E-state index in [-0.39, 0.29) is 18.0 Å². The maximum Gasteiger partial charge on any atom is 0.255 e. The van der Waals surface area contributed by atoms with Gasteiger partial charge in [-0.15, -0.1) is 6.58 Å². The highest BCUT2D eigenvalue weighted by Gasteiger charge is 2.52. The number of carbonyl (C=O) groups is 1. The van der Waals surface area contributed by atoms with Gasteiger partial charge in [0.1, 0.15) is 11.7 Å². The number of methoxy groups -OCH3 is 2. The number of benzene rings is 3. The lowest BCUT2D eigenvalue weighted by atomic mass is 9.85. The molecule has 4 atom stereocenters. The summed E-state index contributed by atoms with van der Waals surface area (Å²) in [7, 11) is 3.22. The number of morpholine rings is 1. The standard InChI is InChI=1S/C34H40ClNO5/c1-7-18-34(4)33(37)36(28(8-2)22-40-21-24-12-17-29(38-5)30(20-24)39-6)31(25-13-15-27(35)16-14-25)32(41-34)26-11-9-10-23(3)19-26/h7,9-17,19-20,28,31-32H,1,8,18,21-22H2,2-6H3/t28-,31+,32+,34+/m0/s1. The second-order valence-corrected chi connectivity index (χ2v) is 11.1. The number of rotatable bonds is 12. The molecule has 0 N–H and O–H groups in total. The van der Waals surface area contributed by atoms with E-state index in [4.69, 9.17) is 30.5 Å². The van der Waals surface area contributed by atoms with Gasteiger partial charge in [0.25, 0.3) is 5.91 Å². The van der Waals surface area contributed by atoms with Crippen molar-refractivity contribution in [2.24, 2.45) is 0 Å². The molecule has 0 radical (unpaired) electrons. The zero-order valence-corrected chi connectivity index (χ0v) is 25.3. The number of aryl methyl sites for hydroxylation is 1. The van der Waals surface area contributed by atoms with Gasteiger partial charge in [-0.05, 0) is 61.2 Å². The van der Waals surface area contributed by atoms with Gasteiger partial charge in [0.15, 0.2) is 11.5 Å². The van der Waals surface area contributed by atoms with Gasteiger partial charge in [0, 0.05) is 11.4 Å². The molecule has 1 amide bonds. The van der Waals surface area contributed by atoms with Crippen LogP contribution in [0.3, 0.4) is 0 Å². The predicted molar refractivity (Wildman–Crippen MR) is 163 cm³/mol. The normalized spacial score (nSPS) is 21.4. The van der Waals surface area contributed by atoms with Crippen LogP contribution in [0.4, 0.5) is 0 Å². The Morgan fingerprint density at radius 3 is 2.41 bits per heavy atom. The molecule has 218 valence electrons. The van der Waals surface area contributed by atoms with Gasteiger partial charge in [0.05, 0.1) is 39.5 Å². The Labute approximate surface area is 248 Å². The van der Waals surface area contributed by atoms with Crippen LogP contribution in [0, 0.1) is 6.92 Å². The first-order chi connectivity index (χ1) is 19.7. The molecule has 1 aliphatic heterocycles. The molecule has 0 unspecified atom stereocenters. The van der Waals surface area contributed by atoms with Crippen molar-refractivity contribution < 1.29 is 23.7 Å². The topological polar surface area (TPSA) is 57.2 Å². The molecule has 0 spiro atoms. The fourth-order valence-corrected chi connectivity index (χ4v) is 5.64. The third-order valence-electron chi connectivity index (χ3n) is 7.67. The summed E-state index contributed by atoms with van der Waals surface area (Å²) in [6.45, 7) is 10.7. The Hall–Kier alpha value is -3.32. The minimum atomic E-state index is -1.07. The lowest BCUT2D eigenvalue weighted by Crippen LogP contribution is -2.60. The van der Waals surface area contributed by atoms with Crippen molar-refractivity contribution >= 4 is 17.5 Å². The molecule has 7 heteroatoms. The molecule has 0 bridgehead atoms. The number of hydrogen-bond donors (Lipinski definition) is 0. The average molecular weight is 578 g/mol. The molecule has 0 aliphatic carbocycles. The van der Waals surface area contributed by atoms with E-state index in [0.717, 1.165) is 22.3 Å². The van der Waals surface area contributed by atoms with Crippen LogP contribution in [-0.4, -0.2) is 43.3 Å². The molecule has 4 rings (SSSR count). The van der Waals surface area contributed by atoms with Gasteiger partial charge >= 0.3 is 0 Å². The van der Waals surface area contributed by atoms with Gasteiger partial charge in [-0.3, -0.25) is 4.79 Å². The Kier molecular flexibility index (Phi) is 10.1. The Bertz CT molecular complexity index is 1340. The smallest absolute Gasteiger partial charge is 0.255 e. The largest absolute Gasteiger partial charge is 0.493 e. The third kappa shape index (κ3) is 6.78. The molecule has 0 saturated carbocycles. The summed E-state index contributed by atoms with van der Waals surface area (Å²) in [6.07, 6.45) is 2.44. The monoisotopic (exact) mass is 577 g/mol. The van der Waals surface area contributed by atoms with E-state index in [1.54, 1.807) is 20.3 Å². The number of ether oxygens (including phenoxy) is 4. The van der Waals surface area contributed by atoms with Crippen molar-refractivity contribution in [2.45, 2.75) is 64.0 Å². The lowest BCUT2D eigenvalue weighted by molar-refractivity contribution is -0.204. The van der Waals surface area contributed by atoms with Crippen molar-refractivity contribution in [3.05, 3.63) is 107 Å². The average Bonchev–Trinajstić information content (AvgIpc) is 2.97. The summed E-state index contributed by atoms with van der Waals surface area (Å²) >= 11 is 6.27. The summed E-state index contributed by atoms with van der Waals surface area (Å²) in [6, 6.07) is 21.1. The van der Waals surface area contributed by atoms with Crippen LogP contribution in [0.2, 0.25) is 5.02 Å². The predicted octanol–water partition coefficient (Wildman–Crippen LogP) is 7.64. The molecule has 1 heterocycles. The van der Waals surface area contributed by atoms with Crippen LogP contribution in [0.15, 0.2) is 79.4 Å².